The van der Waals surface area contributed by atoms with Crippen molar-refractivity contribution in [1.82, 2.24) is 0 Å². The summed E-state index contributed by atoms with van der Waals surface area (Å²) in [5, 5.41) is 9.22. The van der Waals surface area contributed by atoms with E-state index in [0.29, 0.717) is 6.07 Å². The lowest BCUT2D eigenvalue weighted by Crippen LogP contribution is -2.54. The van der Waals surface area contributed by atoms with Gasteiger partial charge >= 0.3 is 12.4 Å². The standard InChI is InChI=1S/C10H7BrF6O2/c1-19-5-2-3-7(11)6(4-5)8(18,9(12,13)14)10(15,16)17/h2-4,18H,1H3. The molecule has 0 radical (unpaired) electrons. The molecule has 1 aromatic carbocycles. The zero-order valence-electron chi connectivity index (χ0n) is 9.23. The van der Waals surface area contributed by atoms with Gasteiger partial charge in [0, 0.05) is 10.0 Å². The van der Waals surface area contributed by atoms with Crippen LogP contribution in [0.3, 0.4) is 0 Å². The van der Waals surface area contributed by atoms with Crippen molar-refractivity contribution in [2.24, 2.45) is 0 Å². The summed E-state index contributed by atoms with van der Waals surface area (Å²) >= 11 is 2.56. The molecule has 0 heterocycles. The lowest BCUT2D eigenvalue weighted by atomic mass is 9.92. The number of rotatable bonds is 2. The topological polar surface area (TPSA) is 29.5 Å². The minimum atomic E-state index is -5.93. The summed E-state index contributed by atoms with van der Waals surface area (Å²) < 4.78 is 80.0. The van der Waals surface area contributed by atoms with Crippen molar-refractivity contribution in [3.05, 3.63) is 28.2 Å². The van der Waals surface area contributed by atoms with Crippen LogP contribution in [-0.2, 0) is 5.60 Å². The van der Waals surface area contributed by atoms with Gasteiger partial charge in [0.2, 0.25) is 0 Å². The molecule has 1 aromatic rings. The number of hydrogen-bond acceptors (Lipinski definition) is 2. The third kappa shape index (κ3) is 2.66. The fourth-order valence-corrected chi connectivity index (χ4v) is 1.91. The quantitative estimate of drug-likeness (QED) is 0.821. The zero-order valence-corrected chi connectivity index (χ0v) is 10.8. The minimum Gasteiger partial charge on any atom is -0.497 e. The van der Waals surface area contributed by atoms with Crippen molar-refractivity contribution >= 4 is 15.9 Å². The van der Waals surface area contributed by atoms with Crippen LogP contribution in [0.25, 0.3) is 0 Å². The maximum atomic E-state index is 12.7. The van der Waals surface area contributed by atoms with Crippen LogP contribution in [0.2, 0.25) is 0 Å². The zero-order chi connectivity index (χ0) is 15.1. The van der Waals surface area contributed by atoms with E-state index in [1.165, 1.54) is 0 Å². The van der Waals surface area contributed by atoms with Crippen molar-refractivity contribution in [1.29, 1.82) is 0 Å². The highest BCUT2D eigenvalue weighted by molar-refractivity contribution is 9.10. The summed E-state index contributed by atoms with van der Waals surface area (Å²) in [6.07, 6.45) is -11.9. The number of alkyl halides is 6. The number of methoxy groups -OCH3 is 1. The number of benzene rings is 1. The third-order valence-electron chi connectivity index (χ3n) is 2.38. The Morgan fingerprint density at radius 3 is 1.89 bits per heavy atom. The molecule has 0 bridgehead atoms. The second-order valence-electron chi connectivity index (χ2n) is 3.55. The van der Waals surface area contributed by atoms with E-state index in [2.05, 4.69) is 20.7 Å². The highest BCUT2D eigenvalue weighted by atomic mass is 79.9. The minimum absolute atomic E-state index is 0.245. The summed E-state index contributed by atoms with van der Waals surface area (Å²) in [6, 6.07) is 2.56. The molecule has 0 spiro atoms. The maximum absolute atomic E-state index is 12.7. The largest absolute Gasteiger partial charge is 0.497 e. The van der Waals surface area contributed by atoms with Gasteiger partial charge in [0.1, 0.15) is 5.75 Å². The van der Waals surface area contributed by atoms with E-state index in [0.717, 1.165) is 19.2 Å². The molecule has 9 heteroatoms. The monoisotopic (exact) mass is 352 g/mol. The van der Waals surface area contributed by atoms with Crippen LogP contribution in [0.4, 0.5) is 26.3 Å². The molecule has 0 aliphatic carbocycles. The first kappa shape index (κ1) is 16.1. The molecule has 0 saturated heterocycles. The van der Waals surface area contributed by atoms with Crippen LogP contribution in [0.15, 0.2) is 22.7 Å². The Kier molecular flexibility index (Phi) is 4.12. The predicted octanol–water partition coefficient (Wildman–Crippen LogP) is 3.77. The summed E-state index contributed by atoms with van der Waals surface area (Å²) in [4.78, 5) is 0. The molecule has 1 rings (SSSR count). The van der Waals surface area contributed by atoms with Gasteiger partial charge in [0.25, 0.3) is 5.60 Å². The van der Waals surface area contributed by atoms with Crippen molar-refractivity contribution in [2.75, 3.05) is 7.11 Å². The average Bonchev–Trinajstić information content (AvgIpc) is 2.25. The molecule has 0 saturated carbocycles. The molecule has 0 aliphatic rings. The Labute approximate surface area is 112 Å². The molecule has 1 N–H and O–H groups in total. The summed E-state index contributed by atoms with van der Waals surface area (Å²) in [5.74, 6) is -0.245. The molecule has 0 amide bonds. The molecule has 0 unspecified atom stereocenters. The van der Waals surface area contributed by atoms with Gasteiger partial charge in [-0.05, 0) is 18.2 Å². The van der Waals surface area contributed by atoms with Crippen LogP contribution >= 0.6 is 15.9 Å². The van der Waals surface area contributed by atoms with E-state index in [9.17, 15) is 31.4 Å². The number of hydrogen-bond donors (Lipinski definition) is 1. The van der Waals surface area contributed by atoms with Gasteiger partial charge in [-0.15, -0.1) is 0 Å². The molecular formula is C10H7BrF6O2. The second-order valence-corrected chi connectivity index (χ2v) is 4.41. The van der Waals surface area contributed by atoms with Crippen LogP contribution in [-0.4, -0.2) is 24.6 Å². The molecule has 0 aromatic heterocycles. The molecule has 0 fully saturated rings. The third-order valence-corrected chi connectivity index (χ3v) is 3.08. The van der Waals surface area contributed by atoms with Crippen LogP contribution in [0.5, 0.6) is 5.75 Å². The molecular weight excluding hydrogens is 346 g/mol. The van der Waals surface area contributed by atoms with Crippen molar-refractivity contribution in [3.8, 4) is 5.75 Å². The Hall–Kier alpha value is -0.960. The predicted molar refractivity (Wildman–Crippen MR) is 56.7 cm³/mol. The molecule has 0 atom stereocenters. The van der Waals surface area contributed by atoms with Crippen LogP contribution in [0, 0.1) is 0 Å². The molecule has 19 heavy (non-hydrogen) atoms. The van der Waals surface area contributed by atoms with Gasteiger partial charge in [0.15, 0.2) is 0 Å². The van der Waals surface area contributed by atoms with Crippen LogP contribution in [0.1, 0.15) is 5.56 Å². The maximum Gasteiger partial charge on any atom is 0.430 e. The highest BCUT2D eigenvalue weighted by Gasteiger charge is 2.72. The van der Waals surface area contributed by atoms with Crippen LogP contribution < -0.4 is 4.74 Å². The number of halogens is 7. The van der Waals surface area contributed by atoms with Gasteiger partial charge in [-0.1, -0.05) is 15.9 Å². The summed E-state index contributed by atoms with van der Waals surface area (Å²) in [6.45, 7) is 0. The van der Waals surface area contributed by atoms with E-state index < -0.39 is 28.0 Å². The van der Waals surface area contributed by atoms with Crippen molar-refractivity contribution < 1.29 is 36.2 Å². The normalized spacial score (nSPS) is 13.5. The SMILES string of the molecule is COc1ccc(Br)c(C(O)(C(F)(F)F)C(F)(F)F)c1. The van der Waals surface area contributed by atoms with Gasteiger partial charge in [-0.3, -0.25) is 0 Å². The Morgan fingerprint density at radius 2 is 1.53 bits per heavy atom. The Balaban J connectivity index is 3.60. The average molecular weight is 353 g/mol. The first-order chi connectivity index (χ1) is 8.45. The van der Waals surface area contributed by atoms with Gasteiger partial charge in [0.05, 0.1) is 7.11 Å². The summed E-state index contributed by atoms with van der Waals surface area (Å²) in [5.41, 5.74) is -6.36. The highest BCUT2D eigenvalue weighted by Crippen LogP contribution is 2.52. The van der Waals surface area contributed by atoms with Gasteiger partial charge < -0.3 is 9.84 Å². The number of aliphatic hydroxyl groups is 1. The van der Waals surface area contributed by atoms with E-state index in [1.807, 2.05) is 0 Å². The van der Waals surface area contributed by atoms with Gasteiger partial charge in [-0.25, -0.2) is 0 Å². The Morgan fingerprint density at radius 1 is 1.05 bits per heavy atom. The first-order valence-electron chi connectivity index (χ1n) is 4.65. The van der Waals surface area contributed by atoms with E-state index in [4.69, 9.17) is 0 Å². The van der Waals surface area contributed by atoms with Crippen molar-refractivity contribution in [3.63, 3.8) is 0 Å². The molecule has 2 nitrogen and oxygen atoms in total. The Bertz CT molecular complexity index is 454. The van der Waals surface area contributed by atoms with Gasteiger partial charge in [-0.2, -0.15) is 26.3 Å². The lowest BCUT2D eigenvalue weighted by Gasteiger charge is -2.33. The number of ether oxygens (including phenoxy) is 1. The second kappa shape index (κ2) is 4.86. The van der Waals surface area contributed by atoms with E-state index >= 15 is 0 Å². The first-order valence-corrected chi connectivity index (χ1v) is 5.44. The fraction of sp³-hybridized carbons (Fsp3) is 0.400. The smallest absolute Gasteiger partial charge is 0.430 e. The fourth-order valence-electron chi connectivity index (χ4n) is 1.37. The van der Waals surface area contributed by atoms with E-state index in [-0.39, 0.29) is 5.75 Å². The summed E-state index contributed by atoms with van der Waals surface area (Å²) in [7, 11) is 1.08. The molecule has 0 aliphatic heterocycles. The lowest BCUT2D eigenvalue weighted by molar-refractivity contribution is -0.376. The molecule has 108 valence electrons. The van der Waals surface area contributed by atoms with Crippen molar-refractivity contribution in [2.45, 2.75) is 18.0 Å². The van der Waals surface area contributed by atoms with E-state index in [1.54, 1.807) is 0 Å².